The van der Waals surface area contributed by atoms with E-state index in [4.69, 9.17) is 4.74 Å². The summed E-state index contributed by atoms with van der Waals surface area (Å²) in [6, 6.07) is 8.43. The number of fused-ring (bicyclic) bond motifs is 1. The van der Waals surface area contributed by atoms with Crippen LogP contribution in [-0.2, 0) is 11.2 Å². The number of benzene rings is 1. The van der Waals surface area contributed by atoms with Crippen LogP contribution in [0.25, 0.3) is 0 Å². The molecule has 108 valence electrons. The van der Waals surface area contributed by atoms with E-state index >= 15 is 0 Å². The molecule has 0 amide bonds. The fraction of sp³-hybridized carbons (Fsp3) is 0.667. The third-order valence-corrected chi connectivity index (χ3v) is 5.89. The first-order valence-corrected chi connectivity index (χ1v) is 8.17. The van der Waals surface area contributed by atoms with Gasteiger partial charge in [-0.2, -0.15) is 0 Å². The van der Waals surface area contributed by atoms with E-state index in [1.165, 1.54) is 43.2 Å². The fourth-order valence-electron chi connectivity index (χ4n) is 4.83. The van der Waals surface area contributed by atoms with Crippen LogP contribution in [0.4, 0.5) is 0 Å². The first-order valence-electron chi connectivity index (χ1n) is 8.17. The highest BCUT2D eigenvalue weighted by atomic mass is 16.5. The smallest absolute Gasteiger partial charge is 0.0826 e. The zero-order valence-electron chi connectivity index (χ0n) is 12.1. The third kappa shape index (κ3) is 2.01. The lowest BCUT2D eigenvalue weighted by atomic mass is 9.75. The summed E-state index contributed by atoms with van der Waals surface area (Å²) in [5.41, 5.74) is 2.69. The van der Waals surface area contributed by atoms with E-state index in [1.807, 2.05) is 6.07 Å². The summed E-state index contributed by atoms with van der Waals surface area (Å²) in [6.07, 6.45) is 8.20. The van der Waals surface area contributed by atoms with Crippen molar-refractivity contribution in [3.8, 4) is 0 Å². The van der Waals surface area contributed by atoms with Crippen molar-refractivity contribution >= 4 is 0 Å². The number of ether oxygens (including phenoxy) is 1. The van der Waals surface area contributed by atoms with E-state index in [9.17, 15) is 5.11 Å². The Labute approximate surface area is 121 Å². The predicted octanol–water partition coefficient (Wildman–Crippen LogP) is 3.63. The van der Waals surface area contributed by atoms with Gasteiger partial charge in [-0.3, -0.25) is 0 Å². The Balaban J connectivity index is 1.54. The standard InChI is InChI=1S/C18H24O2/c19-17-15-6-2-1-5-13(15)11-16(17)14-7-10-20-18(12-14)8-3-4-9-18/h1-2,5-6,14,16-17,19H,3-4,7-12H2. The Hall–Kier alpha value is -0.860. The highest BCUT2D eigenvalue weighted by Gasteiger charge is 2.45. The van der Waals surface area contributed by atoms with Crippen molar-refractivity contribution < 1.29 is 9.84 Å². The van der Waals surface area contributed by atoms with Crippen LogP contribution < -0.4 is 0 Å². The van der Waals surface area contributed by atoms with Crippen LogP contribution in [0.5, 0.6) is 0 Å². The van der Waals surface area contributed by atoms with Gasteiger partial charge < -0.3 is 9.84 Å². The van der Waals surface area contributed by atoms with Gasteiger partial charge in [0.05, 0.1) is 11.7 Å². The van der Waals surface area contributed by atoms with Crippen LogP contribution in [-0.4, -0.2) is 17.3 Å². The van der Waals surface area contributed by atoms with Crippen molar-refractivity contribution in [2.24, 2.45) is 11.8 Å². The predicted molar refractivity (Wildman–Crippen MR) is 78.5 cm³/mol. The van der Waals surface area contributed by atoms with Gasteiger partial charge in [0.2, 0.25) is 0 Å². The van der Waals surface area contributed by atoms with Crippen LogP contribution in [0.2, 0.25) is 0 Å². The van der Waals surface area contributed by atoms with Gasteiger partial charge in [0.15, 0.2) is 0 Å². The van der Waals surface area contributed by atoms with E-state index in [2.05, 4.69) is 18.2 Å². The molecule has 0 aromatic heterocycles. The van der Waals surface area contributed by atoms with Gasteiger partial charge >= 0.3 is 0 Å². The Morgan fingerprint density at radius 2 is 1.95 bits per heavy atom. The summed E-state index contributed by atoms with van der Waals surface area (Å²) >= 11 is 0. The van der Waals surface area contributed by atoms with Gasteiger partial charge in [-0.25, -0.2) is 0 Å². The van der Waals surface area contributed by atoms with Crippen molar-refractivity contribution in [2.45, 2.75) is 56.7 Å². The van der Waals surface area contributed by atoms with Crippen LogP contribution in [0.3, 0.4) is 0 Å². The molecular formula is C18H24O2. The minimum absolute atomic E-state index is 0.164. The number of hydrogen-bond acceptors (Lipinski definition) is 2. The zero-order valence-corrected chi connectivity index (χ0v) is 12.1. The van der Waals surface area contributed by atoms with Gasteiger partial charge in [-0.05, 0) is 55.1 Å². The van der Waals surface area contributed by atoms with Crippen molar-refractivity contribution in [3.63, 3.8) is 0 Å². The second-order valence-electron chi connectivity index (χ2n) is 7.00. The first-order chi connectivity index (χ1) is 9.77. The van der Waals surface area contributed by atoms with Gasteiger partial charge in [-0.15, -0.1) is 0 Å². The molecule has 0 radical (unpaired) electrons. The maximum absolute atomic E-state index is 10.7. The summed E-state index contributed by atoms with van der Waals surface area (Å²) < 4.78 is 6.15. The molecule has 20 heavy (non-hydrogen) atoms. The molecule has 1 aromatic rings. The van der Waals surface area contributed by atoms with Gasteiger partial charge in [-0.1, -0.05) is 37.1 Å². The van der Waals surface area contributed by atoms with Crippen molar-refractivity contribution in [3.05, 3.63) is 35.4 Å². The minimum Gasteiger partial charge on any atom is -0.388 e. The van der Waals surface area contributed by atoms with Crippen LogP contribution in [0.15, 0.2) is 24.3 Å². The summed E-state index contributed by atoms with van der Waals surface area (Å²) in [5.74, 6) is 1.04. The lowest BCUT2D eigenvalue weighted by Gasteiger charge is -2.41. The molecule has 3 aliphatic rings. The zero-order chi connectivity index (χ0) is 13.6. The molecule has 1 aliphatic heterocycles. The molecular weight excluding hydrogens is 248 g/mol. The van der Waals surface area contributed by atoms with Crippen molar-refractivity contribution in [1.29, 1.82) is 0 Å². The van der Waals surface area contributed by atoms with Crippen molar-refractivity contribution in [2.75, 3.05) is 6.61 Å². The molecule has 2 fully saturated rings. The van der Waals surface area contributed by atoms with E-state index in [0.29, 0.717) is 11.8 Å². The quantitative estimate of drug-likeness (QED) is 0.846. The molecule has 2 aliphatic carbocycles. The monoisotopic (exact) mass is 272 g/mol. The number of hydrogen-bond donors (Lipinski definition) is 1. The maximum Gasteiger partial charge on any atom is 0.0826 e. The molecule has 4 rings (SSSR count). The first kappa shape index (κ1) is 12.8. The average Bonchev–Trinajstić information content (AvgIpc) is 3.05. The van der Waals surface area contributed by atoms with Crippen LogP contribution in [0, 0.1) is 11.8 Å². The largest absolute Gasteiger partial charge is 0.388 e. The highest BCUT2D eigenvalue weighted by Crippen LogP contribution is 2.49. The van der Waals surface area contributed by atoms with E-state index in [-0.39, 0.29) is 11.7 Å². The molecule has 0 bridgehead atoms. The van der Waals surface area contributed by atoms with Crippen LogP contribution in [0.1, 0.15) is 55.8 Å². The molecule has 1 saturated carbocycles. The lowest BCUT2D eigenvalue weighted by Crippen LogP contribution is -2.40. The molecule has 1 N–H and O–H groups in total. The highest BCUT2D eigenvalue weighted by molar-refractivity contribution is 5.34. The van der Waals surface area contributed by atoms with Crippen molar-refractivity contribution in [1.82, 2.24) is 0 Å². The van der Waals surface area contributed by atoms with Crippen LogP contribution >= 0.6 is 0 Å². The minimum atomic E-state index is -0.257. The molecule has 1 saturated heterocycles. The Morgan fingerprint density at radius 1 is 1.15 bits per heavy atom. The summed E-state index contributed by atoms with van der Waals surface area (Å²) in [7, 11) is 0. The van der Waals surface area contributed by atoms with Gasteiger partial charge in [0.1, 0.15) is 0 Å². The Bertz CT molecular complexity index is 490. The Morgan fingerprint density at radius 3 is 2.75 bits per heavy atom. The maximum atomic E-state index is 10.7. The average molecular weight is 272 g/mol. The second kappa shape index (κ2) is 4.85. The van der Waals surface area contributed by atoms with E-state index in [0.717, 1.165) is 19.4 Å². The van der Waals surface area contributed by atoms with Gasteiger partial charge in [0.25, 0.3) is 0 Å². The number of aliphatic hydroxyl groups excluding tert-OH is 1. The summed E-state index contributed by atoms with van der Waals surface area (Å²) in [5, 5.41) is 10.7. The topological polar surface area (TPSA) is 29.5 Å². The molecule has 1 heterocycles. The number of rotatable bonds is 1. The second-order valence-corrected chi connectivity index (χ2v) is 7.00. The molecule has 3 atom stereocenters. The molecule has 1 spiro atoms. The SMILES string of the molecule is OC1c2ccccc2CC1C1CCOC2(CCCC2)C1. The Kier molecular flexibility index (Phi) is 3.12. The van der Waals surface area contributed by atoms with E-state index in [1.54, 1.807) is 0 Å². The normalized spacial score (nSPS) is 35.4. The lowest BCUT2D eigenvalue weighted by molar-refractivity contribution is -0.110. The fourth-order valence-corrected chi connectivity index (χ4v) is 4.83. The molecule has 3 unspecified atom stereocenters. The molecule has 2 heteroatoms. The molecule has 1 aromatic carbocycles. The van der Waals surface area contributed by atoms with E-state index < -0.39 is 0 Å². The summed E-state index contributed by atoms with van der Waals surface area (Å²) in [4.78, 5) is 0. The number of aliphatic hydroxyl groups is 1. The third-order valence-electron chi connectivity index (χ3n) is 5.89. The summed E-state index contributed by atoms with van der Waals surface area (Å²) in [6.45, 7) is 0.893. The molecule has 2 nitrogen and oxygen atoms in total. The van der Waals surface area contributed by atoms with Gasteiger partial charge in [0, 0.05) is 6.61 Å².